The number of hydrogen-bond acceptors (Lipinski definition) is 4. The predicted octanol–water partition coefficient (Wildman–Crippen LogP) is 3.45. The van der Waals surface area contributed by atoms with E-state index in [1.54, 1.807) is 19.1 Å². The van der Waals surface area contributed by atoms with Crippen LogP contribution in [0.2, 0.25) is 0 Å². The average Bonchev–Trinajstić information content (AvgIpc) is 2.53. The quantitative estimate of drug-likeness (QED) is 0.681. The number of nitro benzene ring substituents is 1. The summed E-state index contributed by atoms with van der Waals surface area (Å²) in [5.41, 5.74) is 4.58. The van der Waals surface area contributed by atoms with Crippen LogP contribution in [0.25, 0.3) is 0 Å². The van der Waals surface area contributed by atoms with Gasteiger partial charge in [0, 0.05) is 22.9 Å². The van der Waals surface area contributed by atoms with Crippen LogP contribution < -0.4 is 5.43 Å². The molecule has 126 valence electrons. The Balaban J connectivity index is 1.51. The molecule has 4 aliphatic carbocycles. The Bertz CT molecular complexity index is 711. The third kappa shape index (κ3) is 2.60. The molecule has 4 fully saturated rings. The number of aryl methyl sites for hydroxylation is 1. The molecule has 4 bridgehead atoms. The fraction of sp³-hybridized carbons (Fsp3) is 0.556. The Hall–Kier alpha value is -2.24. The molecule has 6 nitrogen and oxygen atoms in total. The molecule has 1 N–H and O–H groups in total. The van der Waals surface area contributed by atoms with Gasteiger partial charge < -0.3 is 0 Å². The van der Waals surface area contributed by atoms with Crippen molar-refractivity contribution in [1.82, 2.24) is 5.43 Å². The maximum absolute atomic E-state index is 12.3. The minimum absolute atomic E-state index is 0.0371. The van der Waals surface area contributed by atoms with Gasteiger partial charge in [0.1, 0.15) is 0 Å². The molecule has 1 aromatic carbocycles. The van der Waals surface area contributed by atoms with Crippen molar-refractivity contribution in [3.8, 4) is 0 Å². The molecule has 4 aliphatic rings. The van der Waals surface area contributed by atoms with Crippen molar-refractivity contribution in [3.05, 3.63) is 39.4 Å². The molecule has 5 rings (SSSR count). The van der Waals surface area contributed by atoms with Crippen molar-refractivity contribution in [2.45, 2.75) is 39.0 Å². The molecule has 0 unspecified atom stereocenters. The smallest absolute Gasteiger partial charge is 0.267 e. The van der Waals surface area contributed by atoms with Crippen LogP contribution in [0.3, 0.4) is 0 Å². The van der Waals surface area contributed by atoms with Gasteiger partial charge in [-0.15, -0.1) is 0 Å². The molecule has 0 heterocycles. The summed E-state index contributed by atoms with van der Waals surface area (Å²) < 4.78 is 0. The van der Waals surface area contributed by atoms with E-state index in [4.69, 9.17) is 0 Å². The summed E-state index contributed by atoms with van der Waals surface area (Å²) in [6.45, 7) is 1.66. The van der Waals surface area contributed by atoms with Crippen molar-refractivity contribution in [2.75, 3.05) is 0 Å². The second kappa shape index (κ2) is 5.69. The molecule has 1 aromatic rings. The fourth-order valence-corrected chi connectivity index (χ4v) is 4.98. The van der Waals surface area contributed by atoms with Gasteiger partial charge in [0.05, 0.1) is 4.92 Å². The molecule has 0 atom stereocenters. The summed E-state index contributed by atoms with van der Waals surface area (Å²) in [7, 11) is 0. The Kier molecular flexibility index (Phi) is 3.62. The second-order valence-corrected chi connectivity index (χ2v) is 7.54. The van der Waals surface area contributed by atoms with E-state index in [0.29, 0.717) is 17.4 Å². The van der Waals surface area contributed by atoms with Gasteiger partial charge in [0.25, 0.3) is 11.6 Å². The van der Waals surface area contributed by atoms with E-state index in [-0.39, 0.29) is 17.2 Å². The van der Waals surface area contributed by atoms with Crippen molar-refractivity contribution < 1.29 is 9.72 Å². The highest BCUT2D eigenvalue weighted by molar-refractivity contribution is 5.97. The van der Waals surface area contributed by atoms with Crippen molar-refractivity contribution in [1.29, 1.82) is 0 Å². The number of nitro groups is 1. The largest absolute Gasteiger partial charge is 0.273 e. The first-order chi connectivity index (χ1) is 11.5. The predicted molar refractivity (Wildman–Crippen MR) is 89.8 cm³/mol. The molecule has 24 heavy (non-hydrogen) atoms. The van der Waals surface area contributed by atoms with Gasteiger partial charge >= 0.3 is 0 Å². The minimum Gasteiger partial charge on any atom is -0.267 e. The summed E-state index contributed by atoms with van der Waals surface area (Å²) in [5, 5.41) is 15.5. The highest BCUT2D eigenvalue weighted by Crippen LogP contribution is 2.52. The average molecular weight is 327 g/mol. The number of rotatable bonds is 3. The summed E-state index contributed by atoms with van der Waals surface area (Å²) in [6, 6.07) is 4.53. The van der Waals surface area contributed by atoms with E-state index in [0.717, 1.165) is 17.5 Å². The van der Waals surface area contributed by atoms with E-state index >= 15 is 0 Å². The van der Waals surface area contributed by atoms with Crippen molar-refractivity contribution >= 4 is 17.3 Å². The van der Waals surface area contributed by atoms with Gasteiger partial charge in [-0.2, -0.15) is 5.10 Å². The molecule has 0 aromatic heterocycles. The van der Waals surface area contributed by atoms with E-state index in [1.807, 2.05) is 0 Å². The lowest BCUT2D eigenvalue weighted by atomic mass is 9.55. The van der Waals surface area contributed by atoms with Crippen LogP contribution >= 0.6 is 0 Å². The lowest BCUT2D eigenvalue weighted by Gasteiger charge is -2.50. The number of amides is 1. The summed E-state index contributed by atoms with van der Waals surface area (Å²) in [5.74, 6) is 2.37. The Labute approximate surface area is 140 Å². The number of benzene rings is 1. The first kappa shape index (κ1) is 15.3. The number of carbonyl (C=O) groups excluding carboxylic acids is 1. The van der Waals surface area contributed by atoms with Crippen LogP contribution in [-0.2, 0) is 0 Å². The van der Waals surface area contributed by atoms with Crippen LogP contribution in [0.5, 0.6) is 0 Å². The van der Waals surface area contributed by atoms with Crippen molar-refractivity contribution in [3.63, 3.8) is 0 Å². The first-order valence-electron chi connectivity index (χ1n) is 8.64. The zero-order chi connectivity index (χ0) is 16.8. The highest BCUT2D eigenvalue weighted by atomic mass is 16.6. The van der Waals surface area contributed by atoms with Gasteiger partial charge in [-0.25, -0.2) is 5.43 Å². The monoisotopic (exact) mass is 327 g/mol. The molecule has 0 aliphatic heterocycles. The number of carbonyl (C=O) groups is 1. The second-order valence-electron chi connectivity index (χ2n) is 7.54. The van der Waals surface area contributed by atoms with Gasteiger partial charge in [-0.1, -0.05) is 6.07 Å². The highest BCUT2D eigenvalue weighted by Gasteiger charge is 2.46. The molecule has 0 radical (unpaired) electrons. The van der Waals surface area contributed by atoms with E-state index in [9.17, 15) is 14.9 Å². The SMILES string of the molecule is Cc1ccc(C(=O)NN=C2C3CC4CC(C3)CC2C4)cc1[N+](=O)[O-]. The van der Waals surface area contributed by atoms with Crippen molar-refractivity contribution in [2.24, 2.45) is 28.8 Å². The third-order valence-corrected chi connectivity index (χ3v) is 5.93. The molecule has 4 saturated carbocycles. The van der Waals surface area contributed by atoms with E-state index < -0.39 is 4.92 Å². The first-order valence-corrected chi connectivity index (χ1v) is 8.64. The maximum atomic E-state index is 12.3. The number of nitrogens with one attached hydrogen (secondary N) is 1. The minimum atomic E-state index is -0.462. The van der Waals surface area contributed by atoms with Crippen LogP contribution in [-0.4, -0.2) is 16.5 Å². The lowest BCUT2D eigenvalue weighted by molar-refractivity contribution is -0.385. The third-order valence-electron chi connectivity index (χ3n) is 5.93. The summed E-state index contributed by atoms with van der Waals surface area (Å²) in [6.07, 6.45) is 6.20. The van der Waals surface area contributed by atoms with Gasteiger partial charge in [0.15, 0.2) is 0 Å². The Morgan fingerprint density at radius 1 is 1.17 bits per heavy atom. The summed E-state index contributed by atoms with van der Waals surface area (Å²) >= 11 is 0. The molecule has 6 heteroatoms. The number of hydrazone groups is 1. The zero-order valence-electron chi connectivity index (χ0n) is 13.7. The maximum Gasteiger partial charge on any atom is 0.273 e. The molecular weight excluding hydrogens is 306 g/mol. The normalized spacial score (nSPS) is 30.3. The number of hydrogen-bond donors (Lipinski definition) is 1. The summed E-state index contributed by atoms with van der Waals surface area (Å²) in [4.78, 5) is 22.9. The molecule has 0 saturated heterocycles. The standard InChI is InChI=1S/C18H21N3O3/c1-10-2-3-13(9-16(10)21(23)24)18(22)20-19-17-14-5-11-4-12(7-14)8-15(17)6-11/h2-3,9,11-12,14-15H,4-8H2,1H3,(H,20,22). The van der Waals surface area contributed by atoms with Crippen LogP contribution in [0.4, 0.5) is 5.69 Å². The van der Waals surface area contributed by atoms with E-state index in [2.05, 4.69) is 10.5 Å². The zero-order valence-corrected chi connectivity index (χ0v) is 13.7. The van der Waals surface area contributed by atoms with Crippen LogP contribution in [0.15, 0.2) is 23.3 Å². The molecular formula is C18H21N3O3. The fourth-order valence-electron chi connectivity index (χ4n) is 4.98. The Morgan fingerprint density at radius 3 is 2.38 bits per heavy atom. The van der Waals surface area contributed by atoms with Gasteiger partial charge in [0.2, 0.25) is 0 Å². The molecule has 1 amide bonds. The van der Waals surface area contributed by atoms with E-state index in [1.165, 1.54) is 38.2 Å². The van der Waals surface area contributed by atoms with Gasteiger partial charge in [-0.3, -0.25) is 14.9 Å². The molecule has 0 spiro atoms. The number of nitrogens with zero attached hydrogens (tertiary/aromatic N) is 2. The topological polar surface area (TPSA) is 84.6 Å². The van der Waals surface area contributed by atoms with Crippen LogP contribution in [0.1, 0.15) is 48.0 Å². The van der Waals surface area contributed by atoms with Gasteiger partial charge in [-0.05, 0) is 68.8 Å². The lowest BCUT2D eigenvalue weighted by Crippen LogP contribution is -2.46. The van der Waals surface area contributed by atoms with Crippen LogP contribution in [0, 0.1) is 40.7 Å². The Morgan fingerprint density at radius 2 is 1.79 bits per heavy atom.